The predicted octanol–water partition coefficient (Wildman–Crippen LogP) is 1.35. The summed E-state index contributed by atoms with van der Waals surface area (Å²) in [7, 11) is 1.57. The van der Waals surface area contributed by atoms with Crippen molar-refractivity contribution in [1.29, 1.82) is 0 Å². The van der Waals surface area contributed by atoms with E-state index in [1.165, 1.54) is 30.5 Å². The second-order valence-corrected chi connectivity index (χ2v) is 4.52. The number of non-ortho nitro benzene ring substituents is 1. The molecule has 2 amide bonds. The highest BCUT2D eigenvalue weighted by atomic mass is 16.6. The van der Waals surface area contributed by atoms with Gasteiger partial charge in [0.2, 0.25) is 11.8 Å². The number of hydrogen-bond donors (Lipinski definition) is 2. The zero-order chi connectivity index (χ0) is 16.4. The van der Waals surface area contributed by atoms with Crippen LogP contribution in [0, 0.1) is 10.1 Å². The Labute approximate surface area is 127 Å². The number of benzene rings is 1. The van der Waals surface area contributed by atoms with Crippen LogP contribution in [0.5, 0.6) is 0 Å². The number of hydrogen-bond acceptors (Lipinski definition) is 5. The van der Waals surface area contributed by atoms with E-state index >= 15 is 0 Å². The minimum Gasteiger partial charge on any atom is -0.359 e. The number of nitrogens with one attached hydrogen (secondary N) is 2. The topological polar surface area (TPSA) is 114 Å². The second-order valence-electron chi connectivity index (χ2n) is 4.52. The number of amides is 2. The van der Waals surface area contributed by atoms with Gasteiger partial charge in [-0.1, -0.05) is 0 Å². The molecule has 0 radical (unpaired) electrons. The highest BCUT2D eigenvalue weighted by Crippen LogP contribution is 2.10. The third kappa shape index (κ3) is 6.60. The number of nitro groups is 1. The lowest BCUT2D eigenvalue weighted by atomic mass is 10.2. The van der Waals surface area contributed by atoms with Crippen molar-refractivity contribution in [1.82, 2.24) is 10.7 Å². The number of nitrogens with zero attached hydrogens (tertiary/aromatic N) is 2. The molecule has 0 spiro atoms. The molecule has 1 aromatic carbocycles. The first kappa shape index (κ1) is 17.3. The maximum atomic E-state index is 11.5. The van der Waals surface area contributed by atoms with Gasteiger partial charge in [0.25, 0.3) is 5.69 Å². The summed E-state index contributed by atoms with van der Waals surface area (Å²) in [4.78, 5) is 32.5. The lowest BCUT2D eigenvalue weighted by molar-refractivity contribution is -0.384. The molecule has 1 rings (SSSR count). The van der Waals surface area contributed by atoms with E-state index in [1.54, 1.807) is 7.05 Å². The van der Waals surface area contributed by atoms with E-state index in [0.717, 1.165) is 0 Å². The molecule has 0 unspecified atom stereocenters. The first-order chi connectivity index (χ1) is 10.5. The van der Waals surface area contributed by atoms with Crippen LogP contribution in [0.1, 0.15) is 31.2 Å². The quantitative estimate of drug-likeness (QED) is 0.326. The SMILES string of the molecule is CNC(=O)CCCCC(=O)N/N=C/c1ccc([N+](=O)[O-])cc1. The minimum atomic E-state index is -0.485. The molecular weight excluding hydrogens is 288 g/mol. The van der Waals surface area contributed by atoms with Gasteiger partial charge in [-0.2, -0.15) is 5.10 Å². The molecule has 0 fully saturated rings. The molecular formula is C14H18N4O4. The molecule has 118 valence electrons. The van der Waals surface area contributed by atoms with E-state index in [-0.39, 0.29) is 23.9 Å². The number of rotatable bonds is 8. The van der Waals surface area contributed by atoms with Gasteiger partial charge in [-0.25, -0.2) is 5.43 Å². The summed E-state index contributed by atoms with van der Waals surface area (Å²) in [6.45, 7) is 0. The largest absolute Gasteiger partial charge is 0.359 e. The number of nitro benzene ring substituents is 1. The van der Waals surface area contributed by atoms with E-state index in [4.69, 9.17) is 0 Å². The zero-order valence-corrected chi connectivity index (χ0v) is 12.2. The number of carbonyl (C=O) groups excluding carboxylic acids is 2. The van der Waals surface area contributed by atoms with E-state index in [0.29, 0.717) is 24.8 Å². The fourth-order valence-electron chi connectivity index (χ4n) is 1.61. The van der Waals surface area contributed by atoms with Gasteiger partial charge in [0, 0.05) is 32.0 Å². The molecule has 0 aliphatic carbocycles. The summed E-state index contributed by atoms with van der Waals surface area (Å²) in [5.74, 6) is -0.285. The number of unbranched alkanes of at least 4 members (excludes halogenated alkanes) is 1. The van der Waals surface area contributed by atoms with Crippen LogP contribution >= 0.6 is 0 Å². The third-order valence-corrected chi connectivity index (χ3v) is 2.84. The molecule has 0 heterocycles. The second kappa shape index (κ2) is 9.22. The Bertz CT molecular complexity index is 554. The monoisotopic (exact) mass is 306 g/mol. The molecule has 0 atom stereocenters. The van der Waals surface area contributed by atoms with E-state index in [1.807, 2.05) is 0 Å². The van der Waals surface area contributed by atoms with E-state index in [2.05, 4.69) is 15.8 Å². The average Bonchev–Trinajstić information content (AvgIpc) is 2.51. The van der Waals surface area contributed by atoms with Crippen molar-refractivity contribution < 1.29 is 14.5 Å². The third-order valence-electron chi connectivity index (χ3n) is 2.84. The maximum Gasteiger partial charge on any atom is 0.269 e. The smallest absolute Gasteiger partial charge is 0.269 e. The molecule has 8 heteroatoms. The average molecular weight is 306 g/mol. The van der Waals surface area contributed by atoms with Gasteiger partial charge in [0.05, 0.1) is 11.1 Å². The van der Waals surface area contributed by atoms with Crippen LogP contribution in [0.2, 0.25) is 0 Å². The minimum absolute atomic E-state index is 0.00250. The molecule has 0 aliphatic heterocycles. The van der Waals surface area contributed by atoms with Crippen LogP contribution in [-0.4, -0.2) is 30.0 Å². The number of carbonyl (C=O) groups is 2. The Morgan fingerprint density at radius 1 is 1.18 bits per heavy atom. The molecule has 2 N–H and O–H groups in total. The summed E-state index contributed by atoms with van der Waals surface area (Å²) in [6.07, 6.45) is 3.34. The van der Waals surface area contributed by atoms with Crippen molar-refractivity contribution in [2.45, 2.75) is 25.7 Å². The van der Waals surface area contributed by atoms with Crippen molar-refractivity contribution >= 4 is 23.7 Å². The van der Waals surface area contributed by atoms with Gasteiger partial charge in [0.1, 0.15) is 0 Å². The Hall–Kier alpha value is -2.77. The van der Waals surface area contributed by atoms with Crippen molar-refractivity contribution in [2.24, 2.45) is 5.10 Å². The van der Waals surface area contributed by atoms with Crippen LogP contribution in [0.4, 0.5) is 5.69 Å². The molecule has 1 aromatic rings. The summed E-state index contributed by atoms with van der Waals surface area (Å²) in [5.41, 5.74) is 3.01. The van der Waals surface area contributed by atoms with Crippen molar-refractivity contribution in [3.8, 4) is 0 Å². The first-order valence-corrected chi connectivity index (χ1v) is 6.80. The Kier molecular flexibility index (Phi) is 7.24. The van der Waals surface area contributed by atoms with Crippen LogP contribution in [0.3, 0.4) is 0 Å². The fourth-order valence-corrected chi connectivity index (χ4v) is 1.61. The van der Waals surface area contributed by atoms with Gasteiger partial charge < -0.3 is 5.32 Å². The fraction of sp³-hybridized carbons (Fsp3) is 0.357. The van der Waals surface area contributed by atoms with Crippen molar-refractivity contribution in [3.05, 3.63) is 39.9 Å². The molecule has 8 nitrogen and oxygen atoms in total. The molecule has 0 aliphatic rings. The van der Waals surface area contributed by atoms with Gasteiger partial charge in [-0.15, -0.1) is 0 Å². The molecule has 0 bridgehead atoms. The van der Waals surface area contributed by atoms with Crippen molar-refractivity contribution in [3.63, 3.8) is 0 Å². The first-order valence-electron chi connectivity index (χ1n) is 6.80. The zero-order valence-electron chi connectivity index (χ0n) is 12.2. The van der Waals surface area contributed by atoms with Crippen LogP contribution < -0.4 is 10.7 Å². The number of hydrazone groups is 1. The van der Waals surface area contributed by atoms with Crippen LogP contribution in [-0.2, 0) is 9.59 Å². The van der Waals surface area contributed by atoms with Crippen molar-refractivity contribution in [2.75, 3.05) is 7.05 Å². The Morgan fingerprint density at radius 2 is 1.77 bits per heavy atom. The molecule has 0 saturated heterocycles. The molecule has 0 saturated carbocycles. The normalized spacial score (nSPS) is 10.4. The van der Waals surface area contributed by atoms with Gasteiger partial charge in [-0.3, -0.25) is 19.7 Å². The lowest BCUT2D eigenvalue weighted by Gasteiger charge is -2.00. The van der Waals surface area contributed by atoms with E-state index in [9.17, 15) is 19.7 Å². The summed E-state index contributed by atoms with van der Waals surface area (Å²) in [5, 5.41) is 16.8. The van der Waals surface area contributed by atoms with Gasteiger partial charge in [0.15, 0.2) is 0 Å². The lowest BCUT2D eigenvalue weighted by Crippen LogP contribution is -2.19. The Balaban J connectivity index is 2.28. The summed E-state index contributed by atoms with van der Waals surface area (Å²) in [6, 6.07) is 5.80. The predicted molar refractivity (Wildman–Crippen MR) is 81.4 cm³/mol. The van der Waals surface area contributed by atoms with Gasteiger partial charge >= 0.3 is 0 Å². The highest BCUT2D eigenvalue weighted by molar-refractivity contribution is 5.82. The van der Waals surface area contributed by atoms with Crippen LogP contribution in [0.25, 0.3) is 0 Å². The van der Waals surface area contributed by atoms with Crippen LogP contribution in [0.15, 0.2) is 29.4 Å². The van der Waals surface area contributed by atoms with Gasteiger partial charge in [-0.05, 0) is 30.5 Å². The summed E-state index contributed by atoms with van der Waals surface area (Å²) < 4.78 is 0. The van der Waals surface area contributed by atoms with E-state index < -0.39 is 4.92 Å². The summed E-state index contributed by atoms with van der Waals surface area (Å²) >= 11 is 0. The Morgan fingerprint density at radius 3 is 2.32 bits per heavy atom. The molecule has 22 heavy (non-hydrogen) atoms. The maximum absolute atomic E-state index is 11.5. The standard InChI is InChI=1S/C14H18N4O4/c1-15-13(19)4-2-3-5-14(20)17-16-10-11-6-8-12(9-7-11)18(21)22/h6-10H,2-5H2,1H3,(H,15,19)(H,17,20)/b16-10+. The highest BCUT2D eigenvalue weighted by Gasteiger charge is 2.03. The molecule has 0 aromatic heterocycles.